The first-order chi connectivity index (χ1) is 16.7. The van der Waals surface area contributed by atoms with E-state index in [1.165, 1.54) is 17.0 Å². The van der Waals surface area contributed by atoms with E-state index in [9.17, 15) is 4.79 Å². The Labute approximate surface area is 198 Å². The topological polar surface area (TPSA) is 69.2 Å². The lowest BCUT2D eigenvalue weighted by atomic mass is 10.1. The second-order valence-corrected chi connectivity index (χ2v) is 7.49. The first kappa shape index (κ1) is 22.9. The van der Waals surface area contributed by atoms with E-state index in [4.69, 9.17) is 14.3 Å². The van der Waals surface area contributed by atoms with E-state index in [2.05, 4.69) is 34.7 Å². The number of rotatable bonds is 10. The van der Waals surface area contributed by atoms with E-state index in [1.807, 2.05) is 61.5 Å². The molecule has 4 rings (SSSR count). The molecule has 0 saturated heterocycles. The Morgan fingerprint density at radius 1 is 0.882 bits per heavy atom. The highest BCUT2D eigenvalue weighted by molar-refractivity contribution is 5.91. The fourth-order valence-corrected chi connectivity index (χ4v) is 3.48. The van der Waals surface area contributed by atoms with E-state index in [0.29, 0.717) is 30.4 Å². The summed E-state index contributed by atoms with van der Waals surface area (Å²) in [7, 11) is 0. The average molecular weight is 455 g/mol. The molecule has 0 unspecified atom stereocenters. The van der Waals surface area contributed by atoms with Gasteiger partial charge in [0.25, 0.3) is 5.91 Å². The number of para-hydroxylation sites is 1. The van der Waals surface area contributed by atoms with Crippen molar-refractivity contribution in [1.82, 2.24) is 0 Å². The molecule has 0 radical (unpaired) electrons. The van der Waals surface area contributed by atoms with Crippen molar-refractivity contribution in [2.45, 2.75) is 13.5 Å². The lowest BCUT2D eigenvalue weighted by Gasteiger charge is -2.13. The first-order valence-corrected chi connectivity index (χ1v) is 11.1. The summed E-state index contributed by atoms with van der Waals surface area (Å²) in [6, 6.07) is 29.1. The van der Waals surface area contributed by atoms with Gasteiger partial charge in [-0.25, -0.2) is 0 Å². The lowest BCUT2D eigenvalue weighted by molar-refractivity contribution is -0.120. The molecule has 0 fully saturated rings. The molecule has 0 saturated carbocycles. The van der Waals surface area contributed by atoms with Crippen LogP contribution in [-0.4, -0.2) is 25.3 Å². The van der Waals surface area contributed by atoms with Gasteiger partial charge in [-0.1, -0.05) is 65.8 Å². The Bertz CT molecular complexity index is 1270. The molecule has 34 heavy (non-hydrogen) atoms. The van der Waals surface area contributed by atoms with Gasteiger partial charge < -0.3 is 19.6 Å². The molecule has 6 heteroatoms. The van der Waals surface area contributed by atoms with Crippen molar-refractivity contribution in [3.63, 3.8) is 0 Å². The molecule has 6 nitrogen and oxygen atoms in total. The Morgan fingerprint density at radius 3 is 2.53 bits per heavy atom. The number of ether oxygens (including phenoxy) is 2. The number of nitrogens with one attached hydrogen (secondary N) is 1. The maximum Gasteiger partial charge on any atom is 0.265 e. The Balaban J connectivity index is 1.36. The SMILES string of the molecule is CCOc1cc(/C=N/OCC(=O)Nc2ccccc2)ccc1OCc1cccc2ccccc12. The molecule has 0 atom stereocenters. The van der Waals surface area contributed by atoms with Gasteiger partial charge >= 0.3 is 0 Å². The summed E-state index contributed by atoms with van der Waals surface area (Å²) in [5, 5.41) is 8.98. The van der Waals surface area contributed by atoms with Crippen LogP contribution in [0.5, 0.6) is 11.5 Å². The Hall–Kier alpha value is -4.32. The smallest absolute Gasteiger partial charge is 0.265 e. The van der Waals surface area contributed by atoms with E-state index < -0.39 is 0 Å². The van der Waals surface area contributed by atoms with Gasteiger partial charge in [-0.15, -0.1) is 0 Å². The molecule has 0 bridgehead atoms. The normalized spacial score (nSPS) is 10.9. The van der Waals surface area contributed by atoms with Gasteiger partial charge in [0, 0.05) is 11.3 Å². The van der Waals surface area contributed by atoms with E-state index in [0.717, 1.165) is 11.1 Å². The van der Waals surface area contributed by atoms with Gasteiger partial charge in [0.1, 0.15) is 6.61 Å². The van der Waals surface area contributed by atoms with Gasteiger partial charge in [0.05, 0.1) is 12.8 Å². The Kier molecular flexibility index (Phi) is 7.74. The van der Waals surface area contributed by atoms with Gasteiger partial charge in [0.15, 0.2) is 18.1 Å². The largest absolute Gasteiger partial charge is 0.490 e. The van der Waals surface area contributed by atoms with Crippen molar-refractivity contribution in [3.8, 4) is 11.5 Å². The maximum absolute atomic E-state index is 11.9. The van der Waals surface area contributed by atoms with Crippen molar-refractivity contribution in [2.75, 3.05) is 18.5 Å². The van der Waals surface area contributed by atoms with Crippen LogP contribution >= 0.6 is 0 Å². The molecule has 1 N–H and O–H groups in total. The number of nitrogens with zero attached hydrogens (tertiary/aromatic N) is 1. The van der Waals surface area contributed by atoms with Gasteiger partial charge in [-0.05, 0) is 53.6 Å². The van der Waals surface area contributed by atoms with Gasteiger partial charge in [0.2, 0.25) is 0 Å². The van der Waals surface area contributed by atoms with Gasteiger partial charge in [-0.3, -0.25) is 4.79 Å². The zero-order valence-electron chi connectivity index (χ0n) is 18.9. The molecule has 4 aromatic rings. The van der Waals surface area contributed by atoms with E-state index in [1.54, 1.807) is 12.1 Å². The Morgan fingerprint density at radius 2 is 1.68 bits per heavy atom. The summed E-state index contributed by atoms with van der Waals surface area (Å²) >= 11 is 0. The minimum Gasteiger partial charge on any atom is -0.490 e. The van der Waals surface area contributed by atoms with Crippen LogP contribution in [0.25, 0.3) is 10.8 Å². The molecule has 0 aliphatic rings. The number of carbonyl (C=O) groups excluding carboxylic acids is 1. The molecule has 0 aromatic heterocycles. The minimum atomic E-state index is -0.282. The summed E-state index contributed by atoms with van der Waals surface area (Å²) < 4.78 is 11.9. The van der Waals surface area contributed by atoms with Crippen molar-refractivity contribution in [1.29, 1.82) is 0 Å². The number of benzene rings is 4. The van der Waals surface area contributed by atoms with Crippen molar-refractivity contribution in [3.05, 3.63) is 102 Å². The highest BCUT2D eigenvalue weighted by atomic mass is 16.6. The molecular weight excluding hydrogens is 428 g/mol. The molecule has 4 aromatic carbocycles. The summed E-state index contributed by atoms with van der Waals surface area (Å²) in [6.07, 6.45) is 1.53. The molecule has 0 aliphatic heterocycles. The number of hydrogen-bond donors (Lipinski definition) is 1. The highest BCUT2D eigenvalue weighted by Gasteiger charge is 2.08. The van der Waals surface area contributed by atoms with Crippen LogP contribution in [0.1, 0.15) is 18.1 Å². The maximum atomic E-state index is 11.9. The van der Waals surface area contributed by atoms with Crippen LogP contribution in [0, 0.1) is 0 Å². The number of hydrogen-bond acceptors (Lipinski definition) is 5. The third-order valence-electron chi connectivity index (χ3n) is 5.06. The average Bonchev–Trinajstić information content (AvgIpc) is 2.87. The van der Waals surface area contributed by atoms with Crippen LogP contribution in [0.4, 0.5) is 5.69 Å². The van der Waals surface area contributed by atoms with Crippen LogP contribution in [0.2, 0.25) is 0 Å². The van der Waals surface area contributed by atoms with Crippen LogP contribution in [0.15, 0.2) is 96.2 Å². The summed E-state index contributed by atoms with van der Waals surface area (Å²) in [4.78, 5) is 17.1. The number of amides is 1. The van der Waals surface area contributed by atoms with Crippen molar-refractivity contribution >= 4 is 28.6 Å². The molecule has 0 aliphatic carbocycles. The minimum absolute atomic E-state index is 0.185. The van der Waals surface area contributed by atoms with E-state index >= 15 is 0 Å². The molecule has 172 valence electrons. The quantitative estimate of drug-likeness (QED) is 0.243. The van der Waals surface area contributed by atoms with Crippen molar-refractivity contribution in [2.24, 2.45) is 5.16 Å². The van der Waals surface area contributed by atoms with Crippen LogP contribution in [0.3, 0.4) is 0 Å². The highest BCUT2D eigenvalue weighted by Crippen LogP contribution is 2.30. The van der Waals surface area contributed by atoms with Crippen LogP contribution in [-0.2, 0) is 16.2 Å². The zero-order chi connectivity index (χ0) is 23.6. The second kappa shape index (κ2) is 11.5. The number of oxime groups is 1. The second-order valence-electron chi connectivity index (χ2n) is 7.49. The third kappa shape index (κ3) is 6.13. The third-order valence-corrected chi connectivity index (χ3v) is 5.06. The number of carbonyl (C=O) groups is 1. The number of anilines is 1. The number of fused-ring (bicyclic) bond motifs is 1. The predicted octanol–water partition coefficient (Wildman–Crippen LogP) is 5.81. The molecule has 1 amide bonds. The summed E-state index contributed by atoms with van der Waals surface area (Å²) in [6.45, 7) is 2.66. The van der Waals surface area contributed by atoms with Crippen LogP contribution < -0.4 is 14.8 Å². The monoisotopic (exact) mass is 454 g/mol. The van der Waals surface area contributed by atoms with Gasteiger partial charge in [-0.2, -0.15) is 0 Å². The fraction of sp³-hybridized carbons (Fsp3) is 0.143. The molecule has 0 heterocycles. The van der Waals surface area contributed by atoms with Crippen molar-refractivity contribution < 1.29 is 19.1 Å². The van der Waals surface area contributed by atoms with E-state index in [-0.39, 0.29) is 12.5 Å². The molecule has 0 spiro atoms. The first-order valence-electron chi connectivity index (χ1n) is 11.1. The zero-order valence-corrected chi connectivity index (χ0v) is 18.9. The summed E-state index contributed by atoms with van der Waals surface area (Å²) in [5.41, 5.74) is 2.58. The molecular formula is C28H26N2O4. The predicted molar refractivity (Wildman–Crippen MR) is 135 cm³/mol. The summed E-state index contributed by atoms with van der Waals surface area (Å²) in [5.74, 6) is 0.985. The standard InChI is InChI=1S/C28H26N2O4/c1-2-32-27-17-21(18-29-34-20-28(31)30-24-12-4-3-5-13-24)15-16-26(27)33-19-23-11-8-10-22-9-6-7-14-25(22)23/h3-18H,2,19-20H2,1H3,(H,30,31)/b29-18+. The fourth-order valence-electron chi connectivity index (χ4n) is 3.48. The lowest BCUT2D eigenvalue weighted by Crippen LogP contribution is -2.16.